The molecule has 0 bridgehead atoms. The monoisotopic (exact) mass is 576 g/mol. The van der Waals surface area contributed by atoms with Crippen molar-refractivity contribution in [1.82, 2.24) is 9.97 Å². The number of nitriles is 2. The van der Waals surface area contributed by atoms with E-state index in [1.54, 1.807) is 18.3 Å². The van der Waals surface area contributed by atoms with Crippen LogP contribution >= 0.6 is 15.9 Å². The molecule has 0 radical (unpaired) electrons. The van der Waals surface area contributed by atoms with Gasteiger partial charge in [-0.1, -0.05) is 0 Å². The molecule has 2 aromatic rings. The third-order valence-electron chi connectivity index (χ3n) is 5.32. The Balaban J connectivity index is 0.000000414. The van der Waals surface area contributed by atoms with Crippen LogP contribution in [0.5, 0.6) is 0 Å². The Morgan fingerprint density at radius 3 is 1.57 bits per heavy atom. The van der Waals surface area contributed by atoms with E-state index in [2.05, 4.69) is 53.8 Å². The summed E-state index contributed by atoms with van der Waals surface area (Å²) in [5.41, 5.74) is 1.28. The van der Waals surface area contributed by atoms with E-state index >= 15 is 0 Å². The third-order valence-corrected chi connectivity index (χ3v) is 21.0. The molecule has 30 heavy (non-hydrogen) atoms. The molecular weight excluding hydrogens is 543 g/mol. The fraction of sp³-hybridized carbons (Fsp3) is 0.500. The van der Waals surface area contributed by atoms with Crippen LogP contribution < -0.4 is 3.71 Å². The van der Waals surface area contributed by atoms with Crippen molar-refractivity contribution in [3.05, 3.63) is 52.4 Å². The quantitative estimate of drug-likeness (QED) is 0.233. The van der Waals surface area contributed by atoms with Crippen LogP contribution in [0, 0.1) is 22.7 Å². The summed E-state index contributed by atoms with van der Waals surface area (Å²) in [5.74, 6) is 0. The van der Waals surface area contributed by atoms with Crippen LogP contribution in [0.25, 0.3) is 0 Å². The summed E-state index contributed by atoms with van der Waals surface area (Å²) in [7, 11) is 0. The molecule has 4 nitrogen and oxygen atoms in total. The standard InChI is InChI=1S/C6H3BrN2.C6H3N2.3C4H9.Sn/c7-6-2-1-5(3-8)4-9-6;7-4-6-2-1-3-8-5-6;3*1-3-4-2;/h1-2,4H;1-2,5H;3*1,3-4H2,2H3;. The van der Waals surface area contributed by atoms with Gasteiger partial charge in [-0.25, -0.2) is 4.98 Å². The number of unbranched alkanes of at least 4 members (excludes halogenated alkanes) is 3. The first kappa shape index (κ1) is 26.6. The maximum atomic E-state index is 8.98. The Labute approximate surface area is 194 Å². The van der Waals surface area contributed by atoms with Crippen molar-refractivity contribution in [2.24, 2.45) is 0 Å². The van der Waals surface area contributed by atoms with E-state index in [0.717, 1.165) is 4.60 Å². The van der Waals surface area contributed by atoms with Gasteiger partial charge < -0.3 is 0 Å². The molecule has 0 unspecified atom stereocenters. The number of halogens is 1. The second-order valence-corrected chi connectivity index (χ2v) is 21.5. The number of pyridine rings is 2. The van der Waals surface area contributed by atoms with Gasteiger partial charge in [-0.05, 0) is 28.1 Å². The van der Waals surface area contributed by atoms with Gasteiger partial charge in [-0.3, -0.25) is 0 Å². The van der Waals surface area contributed by atoms with Gasteiger partial charge >= 0.3 is 135 Å². The summed E-state index contributed by atoms with van der Waals surface area (Å²) < 4.78 is 6.47. The second kappa shape index (κ2) is 15.4. The predicted molar refractivity (Wildman–Crippen MR) is 130 cm³/mol. The van der Waals surface area contributed by atoms with E-state index < -0.39 is 18.4 Å². The summed E-state index contributed by atoms with van der Waals surface area (Å²) in [6.45, 7) is 6.88. The minimum atomic E-state index is -2.37. The van der Waals surface area contributed by atoms with Gasteiger partial charge in [-0.15, -0.1) is 0 Å². The summed E-state index contributed by atoms with van der Waals surface area (Å²) in [4.78, 5) is 8.60. The average Bonchev–Trinajstić information content (AvgIpc) is 2.80. The van der Waals surface area contributed by atoms with Crippen LogP contribution in [0.15, 0.2) is 41.3 Å². The van der Waals surface area contributed by atoms with Gasteiger partial charge in [0.2, 0.25) is 0 Å². The van der Waals surface area contributed by atoms with Crippen molar-refractivity contribution in [2.45, 2.75) is 72.6 Å². The normalized spacial score (nSPS) is 10.5. The molecule has 0 saturated carbocycles. The van der Waals surface area contributed by atoms with Gasteiger partial charge in [0.1, 0.15) is 10.7 Å². The first-order valence-corrected chi connectivity index (χ1v) is 19.2. The summed E-state index contributed by atoms with van der Waals surface area (Å²) in [5, 5.41) is 17.3. The Morgan fingerprint density at radius 1 is 0.767 bits per heavy atom. The zero-order valence-electron chi connectivity index (χ0n) is 18.5. The molecule has 0 amide bonds. The first-order chi connectivity index (χ1) is 14.5. The van der Waals surface area contributed by atoms with Crippen LogP contribution in [-0.4, -0.2) is 28.3 Å². The van der Waals surface area contributed by atoms with E-state index in [1.165, 1.54) is 61.7 Å². The Morgan fingerprint density at radius 2 is 1.23 bits per heavy atom. The predicted octanol–water partition coefficient (Wildman–Crippen LogP) is 6.73. The van der Waals surface area contributed by atoms with Crippen LogP contribution in [0.2, 0.25) is 13.3 Å². The molecule has 0 saturated heterocycles. The van der Waals surface area contributed by atoms with Crippen molar-refractivity contribution < 1.29 is 0 Å². The Kier molecular flexibility index (Phi) is 13.6. The molecule has 0 aliphatic carbocycles. The van der Waals surface area contributed by atoms with Crippen molar-refractivity contribution in [3.8, 4) is 12.1 Å². The molecule has 2 rings (SSSR count). The smallest absolute Gasteiger partial charge is 0.106 e. The molecule has 6 heteroatoms. The van der Waals surface area contributed by atoms with E-state index in [1.807, 2.05) is 12.1 Å². The largest absolute Gasteiger partial charge is 0.248 e. The van der Waals surface area contributed by atoms with E-state index in [4.69, 9.17) is 15.5 Å². The summed E-state index contributed by atoms with van der Waals surface area (Å²) >= 11 is 0.788. The van der Waals surface area contributed by atoms with Gasteiger partial charge in [0.05, 0.1) is 5.56 Å². The number of nitrogens with zero attached hydrogens (tertiary/aromatic N) is 4. The molecule has 160 valence electrons. The van der Waals surface area contributed by atoms with Gasteiger partial charge in [0.25, 0.3) is 0 Å². The molecule has 0 aromatic carbocycles. The number of hydrogen-bond donors (Lipinski definition) is 0. The minimum Gasteiger partial charge on any atom is -0.248 e. The van der Waals surface area contributed by atoms with E-state index in [0.29, 0.717) is 11.1 Å². The maximum Gasteiger partial charge on any atom is 0.106 e. The molecule has 0 aliphatic rings. The van der Waals surface area contributed by atoms with Crippen LogP contribution in [0.3, 0.4) is 0 Å². The molecule has 0 atom stereocenters. The third kappa shape index (κ3) is 9.14. The fourth-order valence-corrected chi connectivity index (χ4v) is 19.1. The maximum absolute atomic E-state index is 8.98. The molecule has 0 N–H and O–H groups in total. The molecule has 0 fully saturated rings. The zero-order chi connectivity index (χ0) is 22.2. The summed E-state index contributed by atoms with van der Waals surface area (Å²) in [6, 6.07) is 11.8. The number of aromatic nitrogens is 2. The van der Waals surface area contributed by atoms with Crippen molar-refractivity contribution in [3.63, 3.8) is 0 Å². The molecule has 0 aliphatic heterocycles. The Hall–Kier alpha value is -1.44. The molecule has 2 heterocycles. The minimum absolute atomic E-state index is 0.582. The average molecular weight is 576 g/mol. The first-order valence-electron chi connectivity index (χ1n) is 10.9. The van der Waals surface area contributed by atoms with E-state index in [-0.39, 0.29) is 0 Å². The number of rotatable bonds is 10. The van der Waals surface area contributed by atoms with Gasteiger partial charge in [0, 0.05) is 6.20 Å². The SMILES string of the molecule is CCC[CH2][Sn]([CH2]CCC)([CH2]CCC)[c]1ccc(C#N)cn1.N#Cc1ccc(Br)nc1. The van der Waals surface area contributed by atoms with Crippen molar-refractivity contribution in [1.29, 1.82) is 10.5 Å². The fourth-order valence-electron chi connectivity index (χ4n) is 3.52. The molecule has 2 aromatic heterocycles. The van der Waals surface area contributed by atoms with Crippen LogP contribution in [0.1, 0.15) is 70.4 Å². The summed E-state index contributed by atoms with van der Waals surface area (Å²) in [6.07, 6.45) is 11.2. The van der Waals surface area contributed by atoms with Crippen LogP contribution in [-0.2, 0) is 0 Å². The Bertz CT molecular complexity index is 785. The molecule has 0 spiro atoms. The topological polar surface area (TPSA) is 73.4 Å². The van der Waals surface area contributed by atoms with Crippen molar-refractivity contribution >= 4 is 38.0 Å². The van der Waals surface area contributed by atoms with Gasteiger partial charge in [0.15, 0.2) is 0 Å². The van der Waals surface area contributed by atoms with Crippen LogP contribution in [0.4, 0.5) is 0 Å². The van der Waals surface area contributed by atoms with E-state index in [9.17, 15) is 0 Å². The van der Waals surface area contributed by atoms with Crippen molar-refractivity contribution in [2.75, 3.05) is 0 Å². The molecular formula is C24H33BrN4Sn. The second-order valence-electron chi connectivity index (χ2n) is 7.62. The number of hydrogen-bond acceptors (Lipinski definition) is 4. The van der Waals surface area contributed by atoms with Gasteiger partial charge in [-0.2, -0.15) is 5.26 Å². The zero-order valence-corrected chi connectivity index (χ0v) is 22.9.